The lowest BCUT2D eigenvalue weighted by Gasteiger charge is -2.18. The van der Waals surface area contributed by atoms with Crippen LogP contribution < -0.4 is 4.90 Å². The molecular formula is C12H10Cl2F3NO. The van der Waals surface area contributed by atoms with Crippen LogP contribution >= 0.6 is 23.2 Å². The highest BCUT2D eigenvalue weighted by Crippen LogP contribution is 2.34. The molecule has 2 atom stereocenters. The summed E-state index contributed by atoms with van der Waals surface area (Å²) in [7, 11) is 0. The van der Waals surface area contributed by atoms with Gasteiger partial charge in [0.15, 0.2) is 0 Å². The molecule has 0 saturated carbocycles. The summed E-state index contributed by atoms with van der Waals surface area (Å²) >= 11 is 11.6. The van der Waals surface area contributed by atoms with Crippen molar-refractivity contribution in [2.45, 2.75) is 11.6 Å². The van der Waals surface area contributed by atoms with Gasteiger partial charge >= 0.3 is 6.18 Å². The van der Waals surface area contributed by atoms with E-state index in [0.717, 1.165) is 12.1 Å². The summed E-state index contributed by atoms with van der Waals surface area (Å²) in [6.07, 6.45) is -4.44. The van der Waals surface area contributed by atoms with E-state index >= 15 is 0 Å². The van der Waals surface area contributed by atoms with Crippen LogP contribution in [0.2, 0.25) is 0 Å². The third-order valence-electron chi connectivity index (χ3n) is 3.02. The van der Waals surface area contributed by atoms with E-state index in [1.165, 1.54) is 17.0 Å². The largest absolute Gasteiger partial charge is 0.416 e. The Bertz CT molecular complexity index is 492. The number of hydrogen-bond acceptors (Lipinski definition) is 1. The van der Waals surface area contributed by atoms with Gasteiger partial charge < -0.3 is 4.90 Å². The fraction of sp³-hybridized carbons (Fsp3) is 0.417. The Kier molecular flexibility index (Phi) is 3.97. The molecular weight excluding hydrogens is 302 g/mol. The van der Waals surface area contributed by atoms with E-state index in [2.05, 4.69) is 0 Å². The minimum atomic E-state index is -4.44. The van der Waals surface area contributed by atoms with Gasteiger partial charge in [-0.2, -0.15) is 13.2 Å². The lowest BCUT2D eigenvalue weighted by atomic mass is 10.1. The molecule has 1 fully saturated rings. The van der Waals surface area contributed by atoms with Crippen LogP contribution in [0.15, 0.2) is 24.3 Å². The standard InChI is InChI=1S/C12H10Cl2F3NO/c13-5-7-6-18(11(19)10(7)14)9-3-1-2-8(4-9)12(15,16)17/h1-4,7,10H,5-6H2/t7-,10-/m1/s1. The Morgan fingerprint density at radius 3 is 2.58 bits per heavy atom. The van der Waals surface area contributed by atoms with Crippen LogP contribution in [-0.4, -0.2) is 23.7 Å². The minimum Gasteiger partial charge on any atom is -0.311 e. The van der Waals surface area contributed by atoms with Crippen molar-refractivity contribution in [1.29, 1.82) is 0 Å². The minimum absolute atomic E-state index is 0.190. The molecule has 1 aliphatic rings. The number of anilines is 1. The molecule has 1 aromatic rings. The zero-order valence-corrected chi connectivity index (χ0v) is 11.1. The van der Waals surface area contributed by atoms with E-state index in [1.807, 2.05) is 0 Å². The molecule has 2 nitrogen and oxygen atoms in total. The molecule has 1 saturated heterocycles. The number of alkyl halides is 5. The highest BCUT2D eigenvalue weighted by Gasteiger charge is 2.40. The SMILES string of the molecule is O=C1[C@H](Cl)[C@H](CCl)CN1c1cccc(C(F)(F)F)c1. The highest BCUT2D eigenvalue weighted by molar-refractivity contribution is 6.34. The molecule has 7 heteroatoms. The van der Waals surface area contributed by atoms with Crippen LogP contribution in [0.5, 0.6) is 0 Å². The second-order valence-electron chi connectivity index (χ2n) is 4.31. The van der Waals surface area contributed by atoms with Crippen LogP contribution in [0.4, 0.5) is 18.9 Å². The van der Waals surface area contributed by atoms with Crippen molar-refractivity contribution in [3.8, 4) is 0 Å². The topological polar surface area (TPSA) is 20.3 Å². The van der Waals surface area contributed by atoms with Crippen molar-refractivity contribution in [2.75, 3.05) is 17.3 Å². The third-order valence-corrected chi connectivity index (χ3v) is 3.96. The Hall–Kier alpha value is -0.940. The second-order valence-corrected chi connectivity index (χ2v) is 5.09. The van der Waals surface area contributed by atoms with Crippen molar-refractivity contribution in [1.82, 2.24) is 0 Å². The predicted octanol–water partition coefficient (Wildman–Crippen LogP) is 3.51. The van der Waals surface area contributed by atoms with E-state index in [-0.39, 0.29) is 24.0 Å². The van der Waals surface area contributed by atoms with Gasteiger partial charge in [0.2, 0.25) is 5.91 Å². The van der Waals surface area contributed by atoms with Crippen LogP contribution in [0.25, 0.3) is 0 Å². The number of nitrogens with zero attached hydrogens (tertiary/aromatic N) is 1. The van der Waals surface area contributed by atoms with Gasteiger partial charge in [-0.05, 0) is 18.2 Å². The van der Waals surface area contributed by atoms with Crippen LogP contribution in [-0.2, 0) is 11.0 Å². The molecule has 19 heavy (non-hydrogen) atoms. The number of halogens is 5. The van der Waals surface area contributed by atoms with E-state index in [0.29, 0.717) is 0 Å². The van der Waals surface area contributed by atoms with E-state index in [1.54, 1.807) is 0 Å². The van der Waals surface area contributed by atoms with Gasteiger partial charge in [-0.3, -0.25) is 4.79 Å². The van der Waals surface area contributed by atoms with Gasteiger partial charge in [-0.15, -0.1) is 23.2 Å². The lowest BCUT2D eigenvalue weighted by molar-refractivity contribution is -0.137. The molecule has 2 rings (SSSR count). The summed E-state index contributed by atoms with van der Waals surface area (Å²) < 4.78 is 37.9. The van der Waals surface area contributed by atoms with E-state index in [9.17, 15) is 18.0 Å². The maximum atomic E-state index is 12.6. The van der Waals surface area contributed by atoms with Gasteiger partial charge in [0.05, 0.1) is 5.56 Å². The summed E-state index contributed by atoms with van der Waals surface area (Å²) in [5.74, 6) is -0.480. The van der Waals surface area contributed by atoms with Crippen molar-refractivity contribution in [3.05, 3.63) is 29.8 Å². The molecule has 1 aromatic carbocycles. The molecule has 0 bridgehead atoms. The van der Waals surface area contributed by atoms with Gasteiger partial charge in [-0.25, -0.2) is 0 Å². The first kappa shape index (κ1) is 14.5. The van der Waals surface area contributed by atoms with Gasteiger partial charge in [0.1, 0.15) is 5.38 Å². The number of amides is 1. The Morgan fingerprint density at radius 2 is 2.05 bits per heavy atom. The molecule has 0 unspecified atom stereocenters. The van der Waals surface area contributed by atoms with E-state index < -0.39 is 23.0 Å². The zero-order valence-electron chi connectivity index (χ0n) is 9.62. The third kappa shape index (κ3) is 2.82. The fourth-order valence-electron chi connectivity index (χ4n) is 1.98. The maximum Gasteiger partial charge on any atom is 0.416 e. The number of carbonyl (C=O) groups excluding carboxylic acids is 1. The van der Waals surface area contributed by atoms with Gasteiger partial charge in [-0.1, -0.05) is 6.07 Å². The maximum absolute atomic E-state index is 12.6. The number of hydrogen-bond donors (Lipinski definition) is 0. The molecule has 1 aliphatic heterocycles. The second kappa shape index (κ2) is 5.21. The molecule has 0 spiro atoms. The Balaban J connectivity index is 2.31. The molecule has 1 amide bonds. The summed E-state index contributed by atoms with van der Waals surface area (Å²) in [5.41, 5.74) is -0.601. The Morgan fingerprint density at radius 1 is 1.37 bits per heavy atom. The summed E-state index contributed by atoms with van der Waals surface area (Å²) in [6, 6.07) is 4.62. The molecule has 0 aromatic heterocycles. The quantitative estimate of drug-likeness (QED) is 0.765. The first-order valence-electron chi connectivity index (χ1n) is 5.53. The smallest absolute Gasteiger partial charge is 0.311 e. The summed E-state index contributed by atoms with van der Waals surface area (Å²) in [4.78, 5) is 13.1. The molecule has 0 radical (unpaired) electrons. The van der Waals surface area contributed by atoms with Crippen molar-refractivity contribution < 1.29 is 18.0 Å². The van der Waals surface area contributed by atoms with Crippen molar-refractivity contribution in [3.63, 3.8) is 0 Å². The van der Waals surface area contributed by atoms with Crippen molar-refractivity contribution in [2.24, 2.45) is 5.92 Å². The highest BCUT2D eigenvalue weighted by atomic mass is 35.5. The lowest BCUT2D eigenvalue weighted by Crippen LogP contribution is -2.27. The summed E-state index contributed by atoms with van der Waals surface area (Å²) in [6.45, 7) is 0.234. The molecule has 0 aliphatic carbocycles. The average Bonchev–Trinajstić information content (AvgIpc) is 2.65. The summed E-state index contributed by atoms with van der Waals surface area (Å²) in [5, 5.41) is -0.785. The normalized spacial score (nSPS) is 24.1. The average molecular weight is 312 g/mol. The first-order chi connectivity index (χ1) is 8.84. The number of rotatable bonds is 2. The number of carbonyl (C=O) groups is 1. The Labute approximate surface area is 118 Å². The molecule has 0 N–H and O–H groups in total. The number of benzene rings is 1. The monoisotopic (exact) mass is 311 g/mol. The van der Waals surface area contributed by atoms with Crippen molar-refractivity contribution >= 4 is 34.8 Å². The molecule has 1 heterocycles. The van der Waals surface area contributed by atoms with Crippen LogP contribution in [0.1, 0.15) is 5.56 Å². The van der Waals surface area contributed by atoms with E-state index in [4.69, 9.17) is 23.2 Å². The molecule has 104 valence electrons. The fourth-order valence-corrected chi connectivity index (χ4v) is 2.63. The van der Waals surface area contributed by atoms with Crippen LogP contribution in [0, 0.1) is 5.92 Å². The predicted molar refractivity (Wildman–Crippen MR) is 67.6 cm³/mol. The zero-order chi connectivity index (χ0) is 14.2. The first-order valence-corrected chi connectivity index (χ1v) is 6.50. The van der Waals surface area contributed by atoms with Crippen LogP contribution in [0.3, 0.4) is 0 Å². The van der Waals surface area contributed by atoms with Gasteiger partial charge in [0.25, 0.3) is 0 Å². The van der Waals surface area contributed by atoms with Gasteiger partial charge in [0, 0.05) is 24.0 Å².